The van der Waals surface area contributed by atoms with Crippen LogP contribution in [-0.2, 0) is 30.2 Å². The van der Waals surface area contributed by atoms with E-state index >= 15 is 0 Å². The summed E-state index contributed by atoms with van der Waals surface area (Å²) in [5.74, 6) is 0.228. The van der Waals surface area contributed by atoms with Crippen LogP contribution in [0.2, 0.25) is 0 Å². The van der Waals surface area contributed by atoms with Crippen LogP contribution in [0.25, 0.3) is 0 Å². The molecule has 7 nitrogen and oxygen atoms in total. The van der Waals surface area contributed by atoms with Crippen LogP contribution in [0.15, 0.2) is 48.6 Å². The maximum atomic E-state index is 12.0. The molecule has 1 aromatic carbocycles. The Morgan fingerprint density at radius 2 is 1.43 bits per heavy atom. The molecule has 1 heterocycles. The van der Waals surface area contributed by atoms with Gasteiger partial charge in [0.1, 0.15) is 13.2 Å². The molecule has 0 aromatic heterocycles. The summed E-state index contributed by atoms with van der Waals surface area (Å²) >= 11 is 0. The van der Waals surface area contributed by atoms with Crippen molar-refractivity contribution in [3.8, 4) is 0 Å². The first-order valence-electron chi connectivity index (χ1n) is 16.0. The van der Waals surface area contributed by atoms with Crippen molar-refractivity contribution in [3.05, 3.63) is 59.7 Å². The highest BCUT2D eigenvalue weighted by molar-refractivity contribution is 5.88. The summed E-state index contributed by atoms with van der Waals surface area (Å²) in [5.41, 5.74) is 2.90. The average Bonchev–Trinajstić information content (AvgIpc) is 3.03. The highest BCUT2D eigenvalue weighted by Crippen LogP contribution is 2.39. The van der Waals surface area contributed by atoms with E-state index < -0.39 is 25.2 Å². The molecule has 0 radical (unpaired) electrons. The van der Waals surface area contributed by atoms with E-state index in [9.17, 15) is 9.59 Å². The summed E-state index contributed by atoms with van der Waals surface area (Å²) in [7, 11) is 0. The molecule has 7 heteroatoms. The fourth-order valence-electron chi connectivity index (χ4n) is 6.18. The molecular formula is C35H52O7. The van der Waals surface area contributed by atoms with Gasteiger partial charge >= 0.3 is 11.9 Å². The SMILES string of the molecule is C=C(CO)C(=O)OCC(COC(=O)C(=C)CO)C1CCC(CCC2CCC(c3ccc(CCCCC)cc3)CC2)CO1. The van der Waals surface area contributed by atoms with E-state index in [0.717, 1.165) is 25.2 Å². The lowest BCUT2D eigenvalue weighted by Gasteiger charge is -2.35. The maximum Gasteiger partial charge on any atom is 0.335 e. The smallest absolute Gasteiger partial charge is 0.335 e. The number of aliphatic hydroxyl groups excluding tert-OH is 2. The van der Waals surface area contributed by atoms with Crippen molar-refractivity contribution in [2.75, 3.05) is 33.0 Å². The van der Waals surface area contributed by atoms with E-state index in [-0.39, 0.29) is 36.4 Å². The Morgan fingerprint density at radius 3 is 1.95 bits per heavy atom. The van der Waals surface area contributed by atoms with Gasteiger partial charge in [-0.3, -0.25) is 0 Å². The topological polar surface area (TPSA) is 102 Å². The number of hydrogen-bond donors (Lipinski definition) is 2. The highest BCUT2D eigenvalue weighted by atomic mass is 16.6. The second-order valence-electron chi connectivity index (χ2n) is 12.3. The van der Waals surface area contributed by atoms with Crippen molar-refractivity contribution in [2.45, 2.75) is 96.0 Å². The molecule has 1 aliphatic heterocycles. The van der Waals surface area contributed by atoms with Gasteiger partial charge in [0.15, 0.2) is 0 Å². The van der Waals surface area contributed by atoms with Crippen LogP contribution >= 0.6 is 0 Å². The third-order valence-corrected chi connectivity index (χ3v) is 9.10. The Morgan fingerprint density at radius 1 is 0.857 bits per heavy atom. The molecule has 1 aliphatic carbocycles. The van der Waals surface area contributed by atoms with Crippen LogP contribution in [-0.4, -0.2) is 61.3 Å². The first kappa shape index (κ1) is 34.0. The fraction of sp³-hybridized carbons (Fsp3) is 0.657. The number of esters is 2. The van der Waals surface area contributed by atoms with E-state index in [4.69, 9.17) is 24.4 Å². The zero-order valence-electron chi connectivity index (χ0n) is 25.6. The van der Waals surface area contributed by atoms with Gasteiger partial charge in [0.25, 0.3) is 0 Å². The van der Waals surface area contributed by atoms with Crippen molar-refractivity contribution in [1.29, 1.82) is 0 Å². The zero-order chi connectivity index (χ0) is 30.3. The van der Waals surface area contributed by atoms with Crippen molar-refractivity contribution in [2.24, 2.45) is 17.8 Å². The summed E-state index contributed by atoms with van der Waals surface area (Å²) in [6.07, 6.45) is 14.1. The second-order valence-corrected chi connectivity index (χ2v) is 12.3. The van der Waals surface area contributed by atoms with Gasteiger partial charge in [0.2, 0.25) is 0 Å². The Labute approximate surface area is 252 Å². The lowest BCUT2D eigenvalue weighted by atomic mass is 9.76. The summed E-state index contributed by atoms with van der Waals surface area (Å²) < 4.78 is 16.8. The van der Waals surface area contributed by atoms with Crippen LogP contribution in [0.4, 0.5) is 0 Å². The molecule has 1 aromatic rings. The van der Waals surface area contributed by atoms with Crippen LogP contribution in [0.5, 0.6) is 0 Å². The lowest BCUT2D eigenvalue weighted by molar-refractivity contribution is -0.151. The molecule has 234 valence electrons. The lowest BCUT2D eigenvalue weighted by Crippen LogP contribution is -2.38. The van der Waals surface area contributed by atoms with Crippen molar-refractivity contribution in [3.63, 3.8) is 0 Å². The molecule has 2 unspecified atom stereocenters. The first-order chi connectivity index (χ1) is 20.3. The van der Waals surface area contributed by atoms with E-state index in [1.807, 2.05) is 0 Å². The monoisotopic (exact) mass is 584 g/mol. The van der Waals surface area contributed by atoms with Crippen molar-refractivity contribution < 1.29 is 34.0 Å². The van der Waals surface area contributed by atoms with Gasteiger partial charge in [-0.25, -0.2) is 9.59 Å². The Hall–Kier alpha value is -2.48. The first-order valence-corrected chi connectivity index (χ1v) is 16.0. The van der Waals surface area contributed by atoms with E-state index in [0.29, 0.717) is 18.4 Å². The van der Waals surface area contributed by atoms with Gasteiger partial charge in [0.05, 0.1) is 36.4 Å². The van der Waals surface area contributed by atoms with Crippen molar-refractivity contribution >= 4 is 11.9 Å². The number of unbranched alkanes of at least 4 members (excludes halogenated alkanes) is 2. The van der Waals surface area contributed by atoms with E-state index in [2.05, 4.69) is 44.3 Å². The molecule has 0 amide bonds. The largest absolute Gasteiger partial charge is 0.462 e. The molecule has 42 heavy (non-hydrogen) atoms. The van der Waals surface area contributed by atoms with E-state index in [1.165, 1.54) is 68.9 Å². The third kappa shape index (κ3) is 11.0. The van der Waals surface area contributed by atoms with Gasteiger partial charge in [-0.1, -0.05) is 63.6 Å². The summed E-state index contributed by atoms with van der Waals surface area (Å²) in [6.45, 7) is 8.88. The standard InChI is InChI=1S/C35H52O7/c1-4-5-6-7-27-10-15-30(16-11-27)31-17-12-28(13-18-31)8-9-29-14-19-33(40-22-29)32(23-41-34(38)25(2)20-36)24-42-35(39)26(3)21-37/h10-11,15-16,28-29,31-33,36-37H,2-9,12-14,17-24H2,1H3. The van der Waals surface area contributed by atoms with Crippen LogP contribution in [0, 0.1) is 17.8 Å². The third-order valence-electron chi connectivity index (χ3n) is 9.10. The van der Waals surface area contributed by atoms with Crippen LogP contribution in [0.3, 0.4) is 0 Å². The molecule has 0 spiro atoms. The second kappa shape index (κ2) is 18.2. The number of aliphatic hydroxyl groups is 2. The number of carbonyl (C=O) groups is 2. The molecule has 3 rings (SSSR count). The molecule has 1 saturated heterocycles. The van der Waals surface area contributed by atoms with Gasteiger partial charge in [0, 0.05) is 6.61 Å². The molecule has 1 saturated carbocycles. The molecule has 2 aliphatic rings. The summed E-state index contributed by atoms with van der Waals surface area (Å²) in [6, 6.07) is 9.40. The minimum absolute atomic E-state index is 0.0170. The van der Waals surface area contributed by atoms with Crippen LogP contribution < -0.4 is 0 Å². The highest BCUT2D eigenvalue weighted by Gasteiger charge is 2.32. The number of ether oxygens (including phenoxy) is 3. The average molecular weight is 585 g/mol. The quantitative estimate of drug-likeness (QED) is 0.130. The van der Waals surface area contributed by atoms with Gasteiger partial charge in [-0.05, 0) is 86.7 Å². The van der Waals surface area contributed by atoms with Gasteiger partial charge in [-0.15, -0.1) is 0 Å². The zero-order valence-corrected chi connectivity index (χ0v) is 25.6. The number of aryl methyl sites for hydroxylation is 1. The van der Waals surface area contributed by atoms with Gasteiger partial charge in [-0.2, -0.15) is 0 Å². The molecule has 2 atom stereocenters. The maximum absolute atomic E-state index is 12.0. The Balaban J connectivity index is 1.40. The molecular weight excluding hydrogens is 532 g/mol. The normalized spacial score (nSPS) is 22.5. The van der Waals surface area contributed by atoms with Crippen LogP contribution in [0.1, 0.15) is 94.6 Å². The predicted octanol–water partition coefficient (Wildman–Crippen LogP) is 6.07. The van der Waals surface area contributed by atoms with Crippen molar-refractivity contribution in [1.82, 2.24) is 0 Å². The Kier molecular flexibility index (Phi) is 14.8. The Bertz CT molecular complexity index is 953. The molecule has 2 N–H and O–H groups in total. The number of carbonyl (C=O) groups excluding carboxylic acids is 2. The predicted molar refractivity (Wildman–Crippen MR) is 164 cm³/mol. The number of hydrogen-bond acceptors (Lipinski definition) is 7. The van der Waals surface area contributed by atoms with E-state index in [1.54, 1.807) is 0 Å². The fourth-order valence-corrected chi connectivity index (χ4v) is 6.18. The molecule has 2 fully saturated rings. The number of rotatable bonds is 17. The summed E-state index contributed by atoms with van der Waals surface area (Å²) in [5, 5.41) is 18.3. The van der Waals surface area contributed by atoms with Gasteiger partial charge < -0.3 is 24.4 Å². The number of benzene rings is 1. The summed E-state index contributed by atoms with van der Waals surface area (Å²) in [4.78, 5) is 24.0. The molecule has 0 bridgehead atoms. The minimum atomic E-state index is -0.684. The minimum Gasteiger partial charge on any atom is -0.462 e.